The monoisotopic (exact) mass is 444 g/mol. The maximum Gasteiger partial charge on any atom is 0.251 e. The Hall–Kier alpha value is -2.45. The van der Waals surface area contributed by atoms with Gasteiger partial charge in [-0.15, -0.1) is 0 Å². The number of aromatic nitrogens is 4. The highest BCUT2D eigenvalue weighted by atomic mass is 35.5. The van der Waals surface area contributed by atoms with Crippen molar-refractivity contribution in [3.05, 3.63) is 41.9 Å². The molecule has 9 heteroatoms. The smallest absolute Gasteiger partial charge is 0.251 e. The van der Waals surface area contributed by atoms with Crippen molar-refractivity contribution in [3.63, 3.8) is 0 Å². The molecule has 1 spiro atoms. The predicted molar refractivity (Wildman–Crippen MR) is 117 cm³/mol. The van der Waals surface area contributed by atoms with Crippen molar-refractivity contribution in [2.24, 2.45) is 5.41 Å². The van der Waals surface area contributed by atoms with Gasteiger partial charge in [0.1, 0.15) is 11.3 Å². The first-order valence-corrected chi connectivity index (χ1v) is 10.9. The Morgan fingerprint density at radius 2 is 1.74 bits per heavy atom. The summed E-state index contributed by atoms with van der Waals surface area (Å²) in [6.07, 6.45) is 5.73. The van der Waals surface area contributed by atoms with Crippen LogP contribution in [0.3, 0.4) is 0 Å². The number of pyridine rings is 2. The number of likely N-dealkylation sites (tertiary alicyclic amines) is 1. The van der Waals surface area contributed by atoms with E-state index in [1.165, 1.54) is 0 Å². The van der Waals surface area contributed by atoms with Crippen LogP contribution in [0.2, 0.25) is 5.15 Å². The molecule has 0 aliphatic carbocycles. The highest BCUT2D eigenvalue weighted by molar-refractivity contribution is 6.34. The van der Waals surface area contributed by atoms with Gasteiger partial charge >= 0.3 is 0 Å². The molecule has 6 nitrogen and oxygen atoms in total. The van der Waals surface area contributed by atoms with E-state index in [-0.39, 0.29) is 12.0 Å². The largest absolute Gasteiger partial charge is 0.356 e. The third-order valence-corrected chi connectivity index (χ3v) is 6.80. The second-order valence-electron chi connectivity index (χ2n) is 8.47. The minimum Gasteiger partial charge on any atom is -0.356 e. The number of alkyl halides is 2. The van der Waals surface area contributed by atoms with Gasteiger partial charge in [0.05, 0.1) is 6.54 Å². The van der Waals surface area contributed by atoms with Gasteiger partial charge in [-0.25, -0.2) is 23.7 Å². The molecule has 2 aliphatic heterocycles. The van der Waals surface area contributed by atoms with Crippen molar-refractivity contribution in [2.75, 3.05) is 37.6 Å². The van der Waals surface area contributed by atoms with Crippen molar-refractivity contribution in [3.8, 4) is 11.4 Å². The Kier molecular flexibility index (Phi) is 5.44. The molecular formula is C22H23ClF2N6. The van der Waals surface area contributed by atoms with Gasteiger partial charge in [0.25, 0.3) is 6.43 Å². The van der Waals surface area contributed by atoms with Crippen LogP contribution in [0, 0.1) is 5.41 Å². The quantitative estimate of drug-likeness (QED) is 0.559. The zero-order chi connectivity index (χ0) is 21.4. The topological polar surface area (TPSA) is 58.0 Å². The molecule has 5 heterocycles. The van der Waals surface area contributed by atoms with E-state index in [0.29, 0.717) is 16.5 Å². The van der Waals surface area contributed by atoms with Gasteiger partial charge in [-0.2, -0.15) is 0 Å². The number of rotatable bonds is 4. The highest BCUT2D eigenvalue weighted by Gasteiger charge is 2.41. The summed E-state index contributed by atoms with van der Waals surface area (Å²) < 4.78 is 25.6. The summed E-state index contributed by atoms with van der Waals surface area (Å²) in [6.45, 7) is 3.04. The summed E-state index contributed by atoms with van der Waals surface area (Å²) in [6, 6.07) is 5.64. The number of nitrogens with zero attached hydrogens (tertiary/aromatic N) is 6. The molecule has 0 aromatic carbocycles. The second-order valence-corrected chi connectivity index (χ2v) is 8.83. The lowest BCUT2D eigenvalue weighted by Crippen LogP contribution is -2.42. The van der Waals surface area contributed by atoms with Gasteiger partial charge in [-0.1, -0.05) is 11.6 Å². The molecule has 162 valence electrons. The molecule has 0 amide bonds. The van der Waals surface area contributed by atoms with Crippen LogP contribution in [0.15, 0.2) is 36.8 Å². The molecular weight excluding hydrogens is 422 g/mol. The molecule has 5 rings (SSSR count). The van der Waals surface area contributed by atoms with Gasteiger partial charge in [-0.05, 0) is 49.4 Å². The van der Waals surface area contributed by atoms with Crippen molar-refractivity contribution >= 4 is 28.3 Å². The maximum atomic E-state index is 12.8. The second kappa shape index (κ2) is 8.24. The Bertz CT molecular complexity index is 1070. The van der Waals surface area contributed by atoms with Gasteiger partial charge in [0.15, 0.2) is 11.0 Å². The number of hydrogen-bond acceptors (Lipinski definition) is 6. The van der Waals surface area contributed by atoms with Gasteiger partial charge < -0.3 is 4.90 Å². The van der Waals surface area contributed by atoms with E-state index >= 15 is 0 Å². The number of piperidine rings is 1. The molecule has 0 bridgehead atoms. The third kappa shape index (κ3) is 4.06. The standard InChI is InChI=1S/C22H23ClF2N6/c23-19-18-16(3-9-27-19)21(29-20(28-18)15-1-7-26-8-2-15)31-11-5-22(6-12-31)4-10-30(14-22)13-17(24)25/h1-3,7-9,17H,4-6,10-14H2. The lowest BCUT2D eigenvalue weighted by molar-refractivity contribution is 0.0906. The van der Waals surface area contributed by atoms with Crippen LogP contribution in [0.25, 0.3) is 22.3 Å². The van der Waals surface area contributed by atoms with Crippen LogP contribution in [-0.2, 0) is 0 Å². The van der Waals surface area contributed by atoms with E-state index in [2.05, 4.69) is 19.9 Å². The van der Waals surface area contributed by atoms with Gasteiger partial charge in [0.2, 0.25) is 0 Å². The summed E-state index contributed by atoms with van der Waals surface area (Å²) in [5.41, 5.74) is 1.62. The van der Waals surface area contributed by atoms with E-state index in [0.717, 1.165) is 62.2 Å². The fraction of sp³-hybridized carbons (Fsp3) is 0.455. The Morgan fingerprint density at radius 1 is 1.00 bits per heavy atom. The Morgan fingerprint density at radius 3 is 2.48 bits per heavy atom. The minimum atomic E-state index is -2.27. The first-order valence-electron chi connectivity index (χ1n) is 10.5. The zero-order valence-electron chi connectivity index (χ0n) is 17.0. The summed E-state index contributed by atoms with van der Waals surface area (Å²) in [5.74, 6) is 1.43. The van der Waals surface area contributed by atoms with E-state index in [1.54, 1.807) is 18.6 Å². The molecule has 0 unspecified atom stereocenters. The summed E-state index contributed by atoms with van der Waals surface area (Å²) in [5, 5.41) is 1.22. The van der Waals surface area contributed by atoms with Gasteiger partial charge in [0, 0.05) is 49.2 Å². The number of anilines is 1. The Balaban J connectivity index is 1.44. The maximum absolute atomic E-state index is 12.8. The van der Waals surface area contributed by atoms with Gasteiger partial charge in [-0.3, -0.25) is 9.88 Å². The van der Waals surface area contributed by atoms with Crippen molar-refractivity contribution in [1.82, 2.24) is 24.8 Å². The molecule has 3 aromatic heterocycles. The molecule has 2 fully saturated rings. The van der Waals surface area contributed by atoms with E-state index in [4.69, 9.17) is 16.6 Å². The van der Waals surface area contributed by atoms with E-state index in [1.807, 2.05) is 23.1 Å². The van der Waals surface area contributed by atoms with Crippen molar-refractivity contribution < 1.29 is 8.78 Å². The zero-order valence-corrected chi connectivity index (χ0v) is 17.8. The first-order chi connectivity index (χ1) is 15.0. The molecule has 0 N–H and O–H groups in total. The number of fused-ring (bicyclic) bond motifs is 1. The molecule has 31 heavy (non-hydrogen) atoms. The molecule has 0 radical (unpaired) electrons. The molecule has 3 aromatic rings. The molecule has 2 saturated heterocycles. The van der Waals surface area contributed by atoms with Crippen LogP contribution < -0.4 is 4.90 Å². The minimum absolute atomic E-state index is 0.122. The van der Waals surface area contributed by atoms with Crippen molar-refractivity contribution in [1.29, 1.82) is 0 Å². The fourth-order valence-corrected chi connectivity index (χ4v) is 5.06. The number of halogens is 3. The molecule has 0 saturated carbocycles. The van der Waals surface area contributed by atoms with Crippen LogP contribution in [0.1, 0.15) is 19.3 Å². The van der Waals surface area contributed by atoms with E-state index in [9.17, 15) is 8.78 Å². The average molecular weight is 445 g/mol. The molecule has 2 aliphatic rings. The lowest BCUT2D eigenvalue weighted by Gasteiger charge is -2.40. The predicted octanol–water partition coefficient (Wildman–Crippen LogP) is 4.30. The third-order valence-electron chi connectivity index (χ3n) is 6.53. The highest BCUT2D eigenvalue weighted by Crippen LogP contribution is 2.42. The van der Waals surface area contributed by atoms with Crippen LogP contribution >= 0.6 is 11.6 Å². The SMILES string of the molecule is FC(F)CN1CCC2(CCN(c3nc(-c4ccncc4)nc4c(Cl)nccc34)CC2)C1. The normalized spacial score (nSPS) is 19.0. The summed E-state index contributed by atoms with van der Waals surface area (Å²) in [7, 11) is 0. The molecule has 0 atom stereocenters. The lowest BCUT2D eigenvalue weighted by atomic mass is 9.78. The average Bonchev–Trinajstić information content (AvgIpc) is 3.16. The fourth-order valence-electron chi connectivity index (χ4n) is 4.86. The van der Waals surface area contributed by atoms with E-state index < -0.39 is 6.43 Å². The van der Waals surface area contributed by atoms with Crippen LogP contribution in [0.5, 0.6) is 0 Å². The number of hydrogen-bond donors (Lipinski definition) is 0. The van der Waals surface area contributed by atoms with Crippen LogP contribution in [-0.4, -0.2) is 64.0 Å². The summed E-state index contributed by atoms with van der Waals surface area (Å²) >= 11 is 6.38. The van der Waals surface area contributed by atoms with Crippen LogP contribution in [0.4, 0.5) is 14.6 Å². The summed E-state index contributed by atoms with van der Waals surface area (Å²) in [4.78, 5) is 22.0. The first kappa shape index (κ1) is 20.5. The Labute approximate surface area is 184 Å². The van der Waals surface area contributed by atoms with Crippen molar-refractivity contribution in [2.45, 2.75) is 25.7 Å².